The Morgan fingerprint density at radius 2 is 2.12 bits per heavy atom. The van der Waals surface area contributed by atoms with Gasteiger partial charge in [-0.2, -0.15) is 5.10 Å². The number of aromatic nitrogens is 2. The first-order valence-electron chi connectivity index (χ1n) is 5.11. The fourth-order valence-electron chi connectivity index (χ4n) is 1.31. The summed E-state index contributed by atoms with van der Waals surface area (Å²) in [6, 6.07) is 1.97. The summed E-state index contributed by atoms with van der Waals surface area (Å²) in [4.78, 5) is 0. The summed E-state index contributed by atoms with van der Waals surface area (Å²) in [6.07, 6.45) is 3.80. The average Bonchev–Trinajstić information content (AvgIpc) is 2.56. The Morgan fingerprint density at radius 1 is 1.38 bits per heavy atom. The number of hydrogen-bond acceptors (Lipinski definition) is 4. The first-order chi connectivity index (χ1) is 7.49. The van der Waals surface area contributed by atoms with E-state index in [9.17, 15) is 8.42 Å². The van der Waals surface area contributed by atoms with Crippen LogP contribution in [0.25, 0.3) is 0 Å². The van der Waals surface area contributed by atoms with Crippen molar-refractivity contribution in [2.45, 2.75) is 6.42 Å². The third kappa shape index (κ3) is 5.24. The minimum absolute atomic E-state index is 0.421. The highest BCUT2D eigenvalue weighted by molar-refractivity contribution is 7.88. The van der Waals surface area contributed by atoms with Crippen LogP contribution in [0.2, 0.25) is 0 Å². The van der Waals surface area contributed by atoms with E-state index < -0.39 is 10.0 Å². The zero-order chi connectivity index (χ0) is 12.0. The molecule has 0 aliphatic rings. The summed E-state index contributed by atoms with van der Waals surface area (Å²) in [5.41, 5.74) is 1.16. The molecule has 92 valence electrons. The molecule has 16 heavy (non-hydrogen) atoms. The van der Waals surface area contributed by atoms with Crippen molar-refractivity contribution in [3.05, 3.63) is 18.0 Å². The van der Waals surface area contributed by atoms with E-state index >= 15 is 0 Å². The van der Waals surface area contributed by atoms with Crippen molar-refractivity contribution >= 4 is 10.0 Å². The Morgan fingerprint density at radius 3 is 2.69 bits per heavy atom. The molecule has 0 saturated carbocycles. The summed E-state index contributed by atoms with van der Waals surface area (Å²) in [7, 11) is -1.16. The van der Waals surface area contributed by atoms with Crippen LogP contribution < -0.4 is 10.0 Å². The molecule has 0 spiro atoms. The molecule has 0 aromatic carbocycles. The maximum absolute atomic E-state index is 10.7. The molecule has 0 aliphatic heterocycles. The van der Waals surface area contributed by atoms with E-state index in [1.807, 2.05) is 17.8 Å². The van der Waals surface area contributed by atoms with Crippen LogP contribution >= 0.6 is 0 Å². The van der Waals surface area contributed by atoms with E-state index in [1.54, 1.807) is 6.20 Å². The third-order valence-electron chi connectivity index (χ3n) is 2.15. The molecular weight excluding hydrogens is 228 g/mol. The Hall–Kier alpha value is -0.920. The smallest absolute Gasteiger partial charge is 0.208 e. The highest BCUT2D eigenvalue weighted by atomic mass is 32.2. The standard InChI is InChI=1S/C9H18N4O2S/c1-13-9(4-6-11-13)3-5-10-7-8-12-16(2,14)15/h4,6,10,12H,3,5,7-8H2,1-2H3. The van der Waals surface area contributed by atoms with Gasteiger partial charge in [-0.1, -0.05) is 0 Å². The summed E-state index contributed by atoms with van der Waals surface area (Å²) in [6.45, 7) is 1.86. The molecule has 1 aromatic rings. The number of nitrogens with zero attached hydrogens (tertiary/aromatic N) is 2. The van der Waals surface area contributed by atoms with E-state index in [1.165, 1.54) is 0 Å². The zero-order valence-electron chi connectivity index (χ0n) is 9.60. The fourth-order valence-corrected chi connectivity index (χ4v) is 1.79. The van der Waals surface area contributed by atoms with Gasteiger partial charge in [0, 0.05) is 45.0 Å². The van der Waals surface area contributed by atoms with Crippen molar-refractivity contribution in [2.24, 2.45) is 7.05 Å². The summed E-state index contributed by atoms with van der Waals surface area (Å²) < 4.78 is 25.7. The molecule has 0 bridgehead atoms. The van der Waals surface area contributed by atoms with Gasteiger partial charge >= 0.3 is 0 Å². The molecule has 6 nitrogen and oxygen atoms in total. The lowest BCUT2D eigenvalue weighted by Crippen LogP contribution is -2.32. The quantitative estimate of drug-likeness (QED) is 0.611. The highest BCUT2D eigenvalue weighted by Gasteiger charge is 1.99. The largest absolute Gasteiger partial charge is 0.315 e. The number of rotatable bonds is 7. The number of aryl methyl sites for hydroxylation is 1. The van der Waals surface area contributed by atoms with Gasteiger partial charge in [-0.15, -0.1) is 0 Å². The van der Waals surface area contributed by atoms with Gasteiger partial charge in [0.15, 0.2) is 0 Å². The van der Waals surface area contributed by atoms with Gasteiger partial charge in [-0.3, -0.25) is 4.68 Å². The monoisotopic (exact) mass is 246 g/mol. The van der Waals surface area contributed by atoms with Crippen molar-refractivity contribution in [1.29, 1.82) is 0 Å². The SMILES string of the molecule is Cn1nccc1CCNCCNS(C)(=O)=O. The first kappa shape index (κ1) is 13.1. The van der Waals surface area contributed by atoms with Gasteiger partial charge in [0.05, 0.1) is 6.26 Å². The first-order valence-corrected chi connectivity index (χ1v) is 7.00. The van der Waals surface area contributed by atoms with E-state index in [-0.39, 0.29) is 0 Å². The maximum atomic E-state index is 10.7. The van der Waals surface area contributed by atoms with E-state index in [2.05, 4.69) is 15.1 Å². The van der Waals surface area contributed by atoms with Gasteiger partial charge in [0.2, 0.25) is 10.0 Å². The van der Waals surface area contributed by atoms with Crippen molar-refractivity contribution in [1.82, 2.24) is 19.8 Å². The van der Waals surface area contributed by atoms with Gasteiger partial charge in [0.1, 0.15) is 0 Å². The normalized spacial score (nSPS) is 11.9. The van der Waals surface area contributed by atoms with Crippen LogP contribution in [0, 0.1) is 0 Å². The van der Waals surface area contributed by atoms with Crippen molar-refractivity contribution in [2.75, 3.05) is 25.9 Å². The van der Waals surface area contributed by atoms with E-state index in [0.717, 1.165) is 24.9 Å². The van der Waals surface area contributed by atoms with Gasteiger partial charge in [-0.05, 0) is 6.07 Å². The van der Waals surface area contributed by atoms with Gasteiger partial charge < -0.3 is 5.32 Å². The molecule has 0 atom stereocenters. The van der Waals surface area contributed by atoms with Crippen LogP contribution in [-0.4, -0.2) is 44.1 Å². The van der Waals surface area contributed by atoms with Crippen LogP contribution in [-0.2, 0) is 23.5 Å². The number of sulfonamides is 1. The predicted octanol–water partition coefficient (Wildman–Crippen LogP) is -0.899. The maximum Gasteiger partial charge on any atom is 0.208 e. The molecule has 0 amide bonds. The minimum atomic E-state index is -3.07. The topological polar surface area (TPSA) is 76.0 Å². The lowest BCUT2D eigenvalue weighted by atomic mass is 10.3. The zero-order valence-corrected chi connectivity index (χ0v) is 10.4. The van der Waals surface area contributed by atoms with Crippen molar-refractivity contribution in [3.8, 4) is 0 Å². The highest BCUT2D eigenvalue weighted by Crippen LogP contribution is 1.95. The Balaban J connectivity index is 2.07. The summed E-state index contributed by atoms with van der Waals surface area (Å²) in [5.74, 6) is 0. The molecule has 1 heterocycles. The Bertz CT molecular complexity index is 413. The van der Waals surface area contributed by atoms with Crippen molar-refractivity contribution < 1.29 is 8.42 Å². The predicted molar refractivity (Wildman–Crippen MR) is 62.6 cm³/mol. The average molecular weight is 246 g/mol. The van der Waals surface area contributed by atoms with Crippen LogP contribution in [0.5, 0.6) is 0 Å². The molecule has 1 rings (SSSR count). The summed E-state index contributed by atoms with van der Waals surface area (Å²) >= 11 is 0. The second-order valence-electron chi connectivity index (χ2n) is 3.61. The van der Waals surface area contributed by atoms with E-state index in [4.69, 9.17) is 0 Å². The van der Waals surface area contributed by atoms with Gasteiger partial charge in [-0.25, -0.2) is 13.1 Å². The van der Waals surface area contributed by atoms with Crippen LogP contribution in [0.3, 0.4) is 0 Å². The van der Waals surface area contributed by atoms with E-state index in [0.29, 0.717) is 13.1 Å². The second-order valence-corrected chi connectivity index (χ2v) is 5.45. The molecule has 7 heteroatoms. The molecule has 0 aliphatic carbocycles. The number of hydrogen-bond donors (Lipinski definition) is 2. The van der Waals surface area contributed by atoms with Crippen LogP contribution in [0.1, 0.15) is 5.69 Å². The molecule has 0 saturated heterocycles. The molecule has 0 unspecified atom stereocenters. The fraction of sp³-hybridized carbons (Fsp3) is 0.667. The Kier molecular flexibility index (Phi) is 4.91. The minimum Gasteiger partial charge on any atom is -0.315 e. The molecule has 0 radical (unpaired) electrons. The van der Waals surface area contributed by atoms with Crippen molar-refractivity contribution in [3.63, 3.8) is 0 Å². The lowest BCUT2D eigenvalue weighted by Gasteiger charge is -2.05. The van der Waals surface area contributed by atoms with Crippen LogP contribution in [0.15, 0.2) is 12.3 Å². The van der Waals surface area contributed by atoms with Gasteiger partial charge in [0.25, 0.3) is 0 Å². The molecule has 2 N–H and O–H groups in total. The van der Waals surface area contributed by atoms with Crippen LogP contribution in [0.4, 0.5) is 0 Å². The second kappa shape index (κ2) is 5.97. The molecule has 0 fully saturated rings. The molecule has 1 aromatic heterocycles. The molecular formula is C9H18N4O2S. The third-order valence-corrected chi connectivity index (χ3v) is 2.87. The Labute approximate surface area is 96.1 Å². The summed E-state index contributed by atoms with van der Waals surface area (Å²) in [5, 5.41) is 7.22. The number of nitrogens with one attached hydrogen (secondary N) is 2. The lowest BCUT2D eigenvalue weighted by molar-refractivity contribution is 0.580.